The Morgan fingerprint density at radius 3 is 2.29 bits per heavy atom. The number of rotatable bonds is 10. The molecular formula is C19H30N2O3. The van der Waals surface area contributed by atoms with Gasteiger partial charge >= 0.3 is 5.97 Å². The van der Waals surface area contributed by atoms with Crippen molar-refractivity contribution >= 4 is 17.6 Å². The highest BCUT2D eigenvalue weighted by atomic mass is 16.5. The Morgan fingerprint density at radius 1 is 1.04 bits per heavy atom. The molecule has 1 aromatic carbocycles. The molecule has 1 amide bonds. The SMILES string of the molecule is CC(C)CNCCCC(=O)Nc1ccc(C(=O)OCC(C)C)cc1. The summed E-state index contributed by atoms with van der Waals surface area (Å²) in [6.07, 6.45) is 1.28. The fourth-order valence-corrected chi connectivity index (χ4v) is 2.00. The fraction of sp³-hybridized carbons (Fsp3) is 0.579. The number of hydrogen-bond donors (Lipinski definition) is 2. The highest BCUT2D eigenvalue weighted by Gasteiger charge is 2.09. The number of ether oxygens (including phenoxy) is 1. The number of amides is 1. The lowest BCUT2D eigenvalue weighted by Gasteiger charge is -2.09. The van der Waals surface area contributed by atoms with Crippen LogP contribution >= 0.6 is 0 Å². The Bertz CT molecular complexity index is 510. The van der Waals surface area contributed by atoms with Crippen LogP contribution in [-0.4, -0.2) is 31.6 Å². The molecule has 5 nitrogen and oxygen atoms in total. The summed E-state index contributed by atoms with van der Waals surface area (Å²) in [6.45, 7) is 10.5. The molecule has 2 N–H and O–H groups in total. The molecule has 0 heterocycles. The zero-order chi connectivity index (χ0) is 17.9. The summed E-state index contributed by atoms with van der Waals surface area (Å²) in [7, 11) is 0. The van der Waals surface area contributed by atoms with Gasteiger partial charge in [-0.25, -0.2) is 4.79 Å². The lowest BCUT2D eigenvalue weighted by Crippen LogP contribution is -2.22. The van der Waals surface area contributed by atoms with Crippen molar-refractivity contribution in [1.82, 2.24) is 5.32 Å². The molecule has 0 spiro atoms. The van der Waals surface area contributed by atoms with Crippen molar-refractivity contribution in [1.29, 1.82) is 0 Å². The molecule has 5 heteroatoms. The van der Waals surface area contributed by atoms with E-state index in [-0.39, 0.29) is 11.9 Å². The molecule has 0 aliphatic rings. The second-order valence-electron chi connectivity index (χ2n) is 6.82. The molecule has 0 radical (unpaired) electrons. The molecule has 0 aliphatic heterocycles. The monoisotopic (exact) mass is 334 g/mol. The second kappa shape index (κ2) is 10.8. The Labute approximate surface area is 145 Å². The van der Waals surface area contributed by atoms with Crippen molar-refractivity contribution in [2.45, 2.75) is 40.5 Å². The van der Waals surface area contributed by atoms with Gasteiger partial charge in [0.05, 0.1) is 12.2 Å². The normalized spacial score (nSPS) is 10.9. The number of hydrogen-bond acceptors (Lipinski definition) is 4. The van der Waals surface area contributed by atoms with E-state index < -0.39 is 0 Å². The number of anilines is 1. The van der Waals surface area contributed by atoms with E-state index in [9.17, 15) is 9.59 Å². The maximum Gasteiger partial charge on any atom is 0.338 e. The van der Waals surface area contributed by atoms with E-state index in [4.69, 9.17) is 4.74 Å². The lowest BCUT2D eigenvalue weighted by molar-refractivity contribution is -0.116. The number of carbonyl (C=O) groups is 2. The van der Waals surface area contributed by atoms with Gasteiger partial charge < -0.3 is 15.4 Å². The molecule has 0 aromatic heterocycles. The van der Waals surface area contributed by atoms with Crippen LogP contribution in [0.4, 0.5) is 5.69 Å². The van der Waals surface area contributed by atoms with E-state index in [0.29, 0.717) is 36.1 Å². The standard InChI is InChI=1S/C19H30N2O3/c1-14(2)12-20-11-5-6-18(22)21-17-9-7-16(8-10-17)19(23)24-13-15(3)4/h7-10,14-15,20H,5-6,11-13H2,1-4H3,(H,21,22). The summed E-state index contributed by atoms with van der Waals surface area (Å²) < 4.78 is 5.17. The van der Waals surface area contributed by atoms with Crippen LogP contribution in [0.2, 0.25) is 0 Å². The maximum absolute atomic E-state index is 11.9. The lowest BCUT2D eigenvalue weighted by atomic mass is 10.2. The van der Waals surface area contributed by atoms with Crippen molar-refractivity contribution in [2.75, 3.05) is 25.0 Å². The molecule has 0 aliphatic carbocycles. The van der Waals surface area contributed by atoms with Crippen LogP contribution in [0.1, 0.15) is 50.9 Å². The quantitative estimate of drug-likeness (QED) is 0.508. The van der Waals surface area contributed by atoms with Crippen molar-refractivity contribution < 1.29 is 14.3 Å². The summed E-state index contributed by atoms with van der Waals surface area (Å²) >= 11 is 0. The van der Waals surface area contributed by atoms with Gasteiger partial charge in [-0.15, -0.1) is 0 Å². The fourth-order valence-electron chi connectivity index (χ4n) is 2.00. The van der Waals surface area contributed by atoms with Gasteiger partial charge in [0.25, 0.3) is 0 Å². The predicted molar refractivity (Wildman–Crippen MR) is 97.1 cm³/mol. The molecule has 24 heavy (non-hydrogen) atoms. The minimum atomic E-state index is -0.335. The van der Waals surface area contributed by atoms with Crippen LogP contribution in [0, 0.1) is 11.8 Å². The molecule has 0 fully saturated rings. The molecule has 0 saturated heterocycles. The minimum absolute atomic E-state index is 0.0171. The van der Waals surface area contributed by atoms with Crippen molar-refractivity contribution in [3.63, 3.8) is 0 Å². The van der Waals surface area contributed by atoms with Crippen molar-refractivity contribution in [3.8, 4) is 0 Å². The molecule has 0 saturated carbocycles. The Kier molecular flexibility index (Phi) is 9.08. The van der Waals surface area contributed by atoms with E-state index >= 15 is 0 Å². The number of carbonyl (C=O) groups excluding carboxylic acids is 2. The molecule has 0 atom stereocenters. The summed E-state index contributed by atoms with van der Waals surface area (Å²) in [4.78, 5) is 23.7. The molecule has 1 rings (SSSR count). The van der Waals surface area contributed by atoms with Crippen molar-refractivity contribution in [3.05, 3.63) is 29.8 Å². The highest BCUT2D eigenvalue weighted by Crippen LogP contribution is 2.11. The first-order chi connectivity index (χ1) is 11.4. The zero-order valence-electron chi connectivity index (χ0n) is 15.2. The first-order valence-corrected chi connectivity index (χ1v) is 8.66. The third-order valence-corrected chi connectivity index (χ3v) is 3.26. The predicted octanol–water partition coefficient (Wildman–Crippen LogP) is 3.46. The summed E-state index contributed by atoms with van der Waals surface area (Å²) in [6, 6.07) is 6.78. The van der Waals surface area contributed by atoms with Gasteiger partial charge in [-0.3, -0.25) is 4.79 Å². The Hall–Kier alpha value is -1.88. The maximum atomic E-state index is 11.9. The highest BCUT2D eigenvalue weighted by molar-refractivity contribution is 5.93. The number of nitrogens with one attached hydrogen (secondary N) is 2. The van der Waals surface area contributed by atoms with E-state index in [1.807, 2.05) is 13.8 Å². The van der Waals surface area contributed by atoms with Crippen LogP contribution in [0.5, 0.6) is 0 Å². The Morgan fingerprint density at radius 2 is 1.71 bits per heavy atom. The van der Waals surface area contributed by atoms with E-state index in [1.165, 1.54) is 0 Å². The average molecular weight is 334 g/mol. The van der Waals surface area contributed by atoms with Crippen LogP contribution < -0.4 is 10.6 Å². The van der Waals surface area contributed by atoms with Gasteiger partial charge in [-0.05, 0) is 55.6 Å². The summed E-state index contributed by atoms with van der Waals surface area (Å²) in [5.41, 5.74) is 1.18. The summed E-state index contributed by atoms with van der Waals surface area (Å²) in [5.74, 6) is 0.571. The first-order valence-electron chi connectivity index (χ1n) is 8.66. The van der Waals surface area contributed by atoms with Crippen LogP contribution in [0.3, 0.4) is 0 Å². The van der Waals surface area contributed by atoms with E-state index in [2.05, 4.69) is 24.5 Å². The van der Waals surface area contributed by atoms with Crippen LogP contribution in [0.25, 0.3) is 0 Å². The molecule has 134 valence electrons. The third-order valence-electron chi connectivity index (χ3n) is 3.26. The molecule has 0 unspecified atom stereocenters. The number of benzene rings is 1. The van der Waals surface area contributed by atoms with Crippen molar-refractivity contribution in [2.24, 2.45) is 11.8 Å². The summed E-state index contributed by atoms with van der Waals surface area (Å²) in [5, 5.41) is 6.15. The third kappa shape index (κ3) is 8.67. The average Bonchev–Trinajstić information content (AvgIpc) is 2.52. The van der Waals surface area contributed by atoms with Gasteiger partial charge in [0.15, 0.2) is 0 Å². The van der Waals surface area contributed by atoms with Gasteiger partial charge in [0.2, 0.25) is 5.91 Å². The van der Waals surface area contributed by atoms with Gasteiger partial charge in [-0.2, -0.15) is 0 Å². The molecule has 0 bridgehead atoms. The van der Waals surface area contributed by atoms with Gasteiger partial charge in [-0.1, -0.05) is 27.7 Å². The van der Waals surface area contributed by atoms with Gasteiger partial charge in [0.1, 0.15) is 0 Å². The van der Waals surface area contributed by atoms with Crippen LogP contribution in [-0.2, 0) is 9.53 Å². The second-order valence-corrected chi connectivity index (χ2v) is 6.82. The largest absolute Gasteiger partial charge is 0.462 e. The Balaban J connectivity index is 2.33. The smallest absolute Gasteiger partial charge is 0.338 e. The first kappa shape index (κ1) is 20.2. The molecule has 1 aromatic rings. The van der Waals surface area contributed by atoms with Gasteiger partial charge in [0, 0.05) is 12.1 Å². The number of esters is 1. The van der Waals surface area contributed by atoms with Crippen LogP contribution in [0.15, 0.2) is 24.3 Å². The molecular weight excluding hydrogens is 304 g/mol. The minimum Gasteiger partial charge on any atom is -0.462 e. The van der Waals surface area contributed by atoms with E-state index in [1.54, 1.807) is 24.3 Å². The zero-order valence-corrected chi connectivity index (χ0v) is 15.2. The topological polar surface area (TPSA) is 67.4 Å². The van der Waals surface area contributed by atoms with E-state index in [0.717, 1.165) is 19.5 Å².